The highest BCUT2D eigenvalue weighted by atomic mass is 16.4. The molecule has 5 heteroatoms. The van der Waals surface area contributed by atoms with Crippen LogP contribution >= 0.6 is 0 Å². The normalized spacial score (nSPS) is 12.9. The maximum Gasteiger partial charge on any atom is 0.419 e. The van der Waals surface area contributed by atoms with Crippen molar-refractivity contribution in [3.05, 3.63) is 34.3 Å². The number of hydrogen-bond donors (Lipinski definition) is 1. The molecule has 0 aliphatic carbocycles. The first-order valence-electron chi connectivity index (χ1n) is 5.37. The molecule has 0 aliphatic rings. The van der Waals surface area contributed by atoms with Crippen LogP contribution in [0, 0.1) is 0 Å². The van der Waals surface area contributed by atoms with E-state index in [0.717, 1.165) is 0 Å². The van der Waals surface area contributed by atoms with Gasteiger partial charge in [-0.15, -0.1) is 0 Å². The van der Waals surface area contributed by atoms with Gasteiger partial charge in [0.15, 0.2) is 11.4 Å². The molecular formula is C12H14N2O3. The summed E-state index contributed by atoms with van der Waals surface area (Å²) in [5, 5.41) is 0. The number of carbonyl (C=O) groups is 1. The number of nitrogens with two attached hydrogens (primary N) is 1. The second-order valence-corrected chi connectivity index (χ2v) is 4.21. The van der Waals surface area contributed by atoms with Crippen LogP contribution in [-0.2, 0) is 7.05 Å². The van der Waals surface area contributed by atoms with Gasteiger partial charge in [0.1, 0.15) is 0 Å². The molecule has 0 aliphatic heterocycles. The van der Waals surface area contributed by atoms with E-state index in [1.54, 1.807) is 32.2 Å². The molecule has 5 nitrogen and oxygen atoms in total. The van der Waals surface area contributed by atoms with Gasteiger partial charge in [-0.25, -0.2) is 4.79 Å². The second-order valence-electron chi connectivity index (χ2n) is 4.21. The van der Waals surface area contributed by atoms with Gasteiger partial charge in [-0.3, -0.25) is 9.36 Å². The van der Waals surface area contributed by atoms with Gasteiger partial charge in [0.05, 0.1) is 5.52 Å². The van der Waals surface area contributed by atoms with Gasteiger partial charge in [0, 0.05) is 25.1 Å². The second kappa shape index (κ2) is 4.18. The predicted molar refractivity (Wildman–Crippen MR) is 64.1 cm³/mol. The number of rotatable bonds is 3. The number of aryl methyl sites for hydroxylation is 1. The van der Waals surface area contributed by atoms with Crippen LogP contribution in [0.5, 0.6) is 0 Å². The van der Waals surface area contributed by atoms with Crippen molar-refractivity contribution in [1.82, 2.24) is 4.57 Å². The topological polar surface area (TPSA) is 78.2 Å². The molecule has 1 atom stereocenters. The zero-order chi connectivity index (χ0) is 12.6. The molecule has 0 spiro atoms. The van der Waals surface area contributed by atoms with Crippen molar-refractivity contribution in [2.24, 2.45) is 12.8 Å². The van der Waals surface area contributed by atoms with Crippen molar-refractivity contribution in [2.75, 3.05) is 0 Å². The van der Waals surface area contributed by atoms with E-state index >= 15 is 0 Å². The van der Waals surface area contributed by atoms with Gasteiger partial charge in [0.2, 0.25) is 0 Å². The summed E-state index contributed by atoms with van der Waals surface area (Å²) < 4.78 is 6.36. The fraction of sp³-hybridized carbons (Fsp3) is 0.333. The molecule has 0 bridgehead atoms. The van der Waals surface area contributed by atoms with E-state index in [0.29, 0.717) is 16.7 Å². The van der Waals surface area contributed by atoms with E-state index in [-0.39, 0.29) is 18.2 Å². The summed E-state index contributed by atoms with van der Waals surface area (Å²) in [5.74, 6) is -0.465. The molecule has 1 aromatic heterocycles. The van der Waals surface area contributed by atoms with Crippen molar-refractivity contribution < 1.29 is 9.21 Å². The molecule has 0 fully saturated rings. The Hall–Kier alpha value is -1.88. The molecule has 0 saturated carbocycles. The van der Waals surface area contributed by atoms with Gasteiger partial charge < -0.3 is 10.2 Å². The smallest absolute Gasteiger partial charge is 0.408 e. The summed E-state index contributed by atoms with van der Waals surface area (Å²) in [5.41, 5.74) is 7.23. The predicted octanol–water partition coefficient (Wildman–Crippen LogP) is 1.05. The lowest BCUT2D eigenvalue weighted by Gasteiger charge is -2.04. The molecular weight excluding hydrogens is 220 g/mol. The van der Waals surface area contributed by atoms with Gasteiger partial charge in [0.25, 0.3) is 0 Å². The van der Waals surface area contributed by atoms with E-state index < -0.39 is 5.76 Å². The number of carbonyl (C=O) groups excluding carboxylic acids is 1. The van der Waals surface area contributed by atoms with Crippen LogP contribution in [0.3, 0.4) is 0 Å². The highest BCUT2D eigenvalue weighted by molar-refractivity contribution is 5.98. The van der Waals surface area contributed by atoms with Crippen LogP contribution in [0.15, 0.2) is 27.4 Å². The number of benzene rings is 1. The Bertz CT molecular complexity index is 622. The Morgan fingerprint density at radius 3 is 2.88 bits per heavy atom. The number of fused-ring (bicyclic) bond motifs is 1. The minimum atomic E-state index is -0.434. The van der Waals surface area contributed by atoms with Gasteiger partial charge in [-0.1, -0.05) is 0 Å². The van der Waals surface area contributed by atoms with Crippen LogP contribution in [0.25, 0.3) is 11.1 Å². The van der Waals surface area contributed by atoms with Crippen molar-refractivity contribution in [2.45, 2.75) is 19.4 Å². The summed E-state index contributed by atoms with van der Waals surface area (Å²) in [6.45, 7) is 1.78. The van der Waals surface area contributed by atoms with Crippen molar-refractivity contribution in [1.29, 1.82) is 0 Å². The van der Waals surface area contributed by atoms with E-state index in [1.165, 1.54) is 4.57 Å². The van der Waals surface area contributed by atoms with Crippen molar-refractivity contribution >= 4 is 16.9 Å². The Kier molecular flexibility index (Phi) is 2.85. The van der Waals surface area contributed by atoms with Crippen molar-refractivity contribution in [3.8, 4) is 0 Å². The summed E-state index contributed by atoms with van der Waals surface area (Å²) >= 11 is 0. The fourth-order valence-electron chi connectivity index (χ4n) is 1.71. The quantitative estimate of drug-likeness (QED) is 0.805. The molecule has 0 radical (unpaired) electrons. The molecule has 1 aromatic carbocycles. The van der Waals surface area contributed by atoms with E-state index in [4.69, 9.17) is 10.2 Å². The first kappa shape index (κ1) is 11.6. The number of aromatic nitrogens is 1. The average Bonchev–Trinajstić information content (AvgIpc) is 2.54. The lowest BCUT2D eigenvalue weighted by molar-refractivity contribution is 0.0976. The molecule has 1 heterocycles. The summed E-state index contributed by atoms with van der Waals surface area (Å²) in [6, 6.07) is 4.76. The maximum absolute atomic E-state index is 11.8. The molecule has 17 heavy (non-hydrogen) atoms. The molecule has 2 rings (SSSR count). The maximum atomic E-state index is 11.8. The first-order chi connectivity index (χ1) is 7.99. The third-order valence-corrected chi connectivity index (χ3v) is 2.62. The van der Waals surface area contributed by atoms with Gasteiger partial charge >= 0.3 is 5.76 Å². The lowest BCUT2D eigenvalue weighted by Crippen LogP contribution is -2.19. The average molecular weight is 234 g/mol. The SMILES string of the molecule is CC(N)CC(=O)c1ccc2oc(=O)n(C)c2c1. The van der Waals surface area contributed by atoms with E-state index in [2.05, 4.69) is 0 Å². The van der Waals surface area contributed by atoms with Crippen LogP contribution in [0.1, 0.15) is 23.7 Å². The molecule has 2 N–H and O–H groups in total. The van der Waals surface area contributed by atoms with E-state index in [9.17, 15) is 9.59 Å². The summed E-state index contributed by atoms with van der Waals surface area (Å²) in [4.78, 5) is 23.1. The lowest BCUT2D eigenvalue weighted by atomic mass is 10.0. The van der Waals surface area contributed by atoms with E-state index in [1.807, 2.05) is 0 Å². The Morgan fingerprint density at radius 1 is 1.53 bits per heavy atom. The van der Waals surface area contributed by atoms with Gasteiger partial charge in [-0.05, 0) is 25.1 Å². The molecule has 2 aromatic rings. The Balaban J connectivity index is 2.47. The number of Topliss-reactive ketones (excluding diaryl/α,β-unsaturated/α-hetero) is 1. The number of ketones is 1. The summed E-state index contributed by atoms with van der Waals surface area (Å²) in [7, 11) is 1.61. The molecule has 0 amide bonds. The zero-order valence-corrected chi connectivity index (χ0v) is 9.77. The van der Waals surface area contributed by atoms with Gasteiger partial charge in [-0.2, -0.15) is 0 Å². The summed E-state index contributed by atoms with van der Waals surface area (Å²) in [6.07, 6.45) is 0.289. The van der Waals surface area contributed by atoms with Crippen molar-refractivity contribution in [3.63, 3.8) is 0 Å². The third kappa shape index (κ3) is 2.14. The number of oxazole rings is 1. The van der Waals surface area contributed by atoms with Crippen LogP contribution in [0.2, 0.25) is 0 Å². The van der Waals surface area contributed by atoms with Crippen LogP contribution in [-0.4, -0.2) is 16.4 Å². The first-order valence-corrected chi connectivity index (χ1v) is 5.37. The molecule has 0 saturated heterocycles. The molecule has 90 valence electrons. The highest BCUT2D eigenvalue weighted by Gasteiger charge is 2.12. The Morgan fingerprint density at radius 2 is 2.24 bits per heavy atom. The number of hydrogen-bond acceptors (Lipinski definition) is 4. The van der Waals surface area contributed by atoms with Crippen LogP contribution < -0.4 is 11.5 Å². The van der Waals surface area contributed by atoms with Crippen LogP contribution in [0.4, 0.5) is 0 Å². The fourth-order valence-corrected chi connectivity index (χ4v) is 1.71. The minimum absolute atomic E-state index is 0.0319. The standard InChI is InChI=1S/C12H14N2O3/c1-7(13)5-10(15)8-3-4-11-9(6-8)14(2)12(16)17-11/h3-4,6-7H,5,13H2,1-2H3. The highest BCUT2D eigenvalue weighted by Crippen LogP contribution is 2.15. The monoisotopic (exact) mass is 234 g/mol. The zero-order valence-electron chi connectivity index (χ0n) is 9.77. The number of nitrogens with zero attached hydrogens (tertiary/aromatic N) is 1. The Labute approximate surface area is 97.8 Å². The minimum Gasteiger partial charge on any atom is -0.408 e. The largest absolute Gasteiger partial charge is 0.419 e. The third-order valence-electron chi connectivity index (χ3n) is 2.62. The molecule has 1 unspecified atom stereocenters.